The normalized spacial score (nSPS) is 28.0. The van der Waals surface area contributed by atoms with Crippen LogP contribution in [-0.2, 0) is 14.1 Å². The van der Waals surface area contributed by atoms with Crippen molar-refractivity contribution in [3.05, 3.63) is 12.3 Å². The van der Waals surface area contributed by atoms with Crippen molar-refractivity contribution in [2.24, 2.45) is 4.99 Å². The quantitative estimate of drug-likeness (QED) is 0.123. The SMILES string of the molecule is CN(C)/C=N\C(/C=C\N(C)C1OC(CO)C(OP(O)O)C1O)NC=O. The van der Waals surface area contributed by atoms with E-state index in [1.807, 2.05) is 0 Å². The number of amides is 1. The molecular formula is C13H25N4O7P. The number of aliphatic hydroxyl groups excluding tert-OH is 2. The van der Waals surface area contributed by atoms with Crippen molar-refractivity contribution in [2.75, 3.05) is 27.7 Å². The lowest BCUT2D eigenvalue weighted by molar-refractivity contribution is -0.109. The van der Waals surface area contributed by atoms with Crippen LogP contribution in [0, 0.1) is 0 Å². The fraction of sp³-hybridized carbons (Fsp3) is 0.692. The molecule has 1 saturated heterocycles. The first-order valence-electron chi connectivity index (χ1n) is 7.38. The summed E-state index contributed by atoms with van der Waals surface area (Å²) in [5.41, 5.74) is 0. The molecule has 144 valence electrons. The molecule has 0 spiro atoms. The summed E-state index contributed by atoms with van der Waals surface area (Å²) in [4.78, 5) is 35.9. The van der Waals surface area contributed by atoms with E-state index in [0.29, 0.717) is 6.41 Å². The molecule has 25 heavy (non-hydrogen) atoms. The summed E-state index contributed by atoms with van der Waals surface area (Å²) in [6.07, 6.45) is 0.434. The number of carbonyl (C=O) groups excluding carboxylic acids is 1. The first-order chi connectivity index (χ1) is 11.8. The molecule has 1 heterocycles. The van der Waals surface area contributed by atoms with Crippen LogP contribution >= 0.6 is 8.60 Å². The molecule has 1 aliphatic heterocycles. The third kappa shape index (κ3) is 6.83. The fourth-order valence-corrected chi connectivity index (χ4v) is 2.65. The Morgan fingerprint density at radius 3 is 2.60 bits per heavy atom. The first-order valence-corrected chi connectivity index (χ1v) is 8.55. The topological polar surface area (TPSA) is 147 Å². The van der Waals surface area contributed by atoms with Gasteiger partial charge in [-0.05, 0) is 6.08 Å². The summed E-state index contributed by atoms with van der Waals surface area (Å²) in [6, 6.07) is 0. The average molecular weight is 380 g/mol. The second kappa shape index (κ2) is 10.6. The number of nitrogens with one attached hydrogen (secondary N) is 1. The van der Waals surface area contributed by atoms with E-state index in [1.54, 1.807) is 38.3 Å². The van der Waals surface area contributed by atoms with Crippen LogP contribution in [0.5, 0.6) is 0 Å². The number of ether oxygens (including phenoxy) is 1. The minimum Gasteiger partial charge on any atom is -0.394 e. The van der Waals surface area contributed by atoms with E-state index >= 15 is 0 Å². The fourth-order valence-electron chi connectivity index (χ4n) is 2.17. The van der Waals surface area contributed by atoms with Crippen LogP contribution in [0.15, 0.2) is 17.3 Å². The molecule has 0 aromatic heterocycles. The highest BCUT2D eigenvalue weighted by molar-refractivity contribution is 7.39. The van der Waals surface area contributed by atoms with Gasteiger partial charge in [-0.1, -0.05) is 0 Å². The Morgan fingerprint density at radius 1 is 1.40 bits per heavy atom. The largest absolute Gasteiger partial charge is 0.394 e. The van der Waals surface area contributed by atoms with Crippen LogP contribution in [0.1, 0.15) is 0 Å². The van der Waals surface area contributed by atoms with Crippen molar-refractivity contribution < 1.29 is 34.1 Å². The predicted molar refractivity (Wildman–Crippen MR) is 90.1 cm³/mol. The molecule has 0 aliphatic carbocycles. The minimum atomic E-state index is -2.70. The van der Waals surface area contributed by atoms with Crippen LogP contribution in [0.25, 0.3) is 0 Å². The Bertz CT molecular complexity index is 466. The van der Waals surface area contributed by atoms with Crippen molar-refractivity contribution in [2.45, 2.75) is 30.7 Å². The molecule has 1 aliphatic rings. The first kappa shape index (κ1) is 21.7. The third-order valence-electron chi connectivity index (χ3n) is 3.31. The molecule has 1 fully saturated rings. The zero-order valence-electron chi connectivity index (χ0n) is 14.2. The van der Waals surface area contributed by atoms with Gasteiger partial charge in [-0.3, -0.25) is 4.79 Å². The molecule has 5 atom stereocenters. The lowest BCUT2D eigenvalue weighted by Crippen LogP contribution is -2.40. The molecule has 0 bridgehead atoms. The van der Waals surface area contributed by atoms with Gasteiger partial charge in [0.15, 0.2) is 6.23 Å². The van der Waals surface area contributed by atoms with Gasteiger partial charge < -0.3 is 44.4 Å². The Kier molecular flexibility index (Phi) is 9.22. The summed E-state index contributed by atoms with van der Waals surface area (Å²) < 4.78 is 10.3. The Labute approximate surface area is 147 Å². The van der Waals surface area contributed by atoms with Crippen LogP contribution in [0.4, 0.5) is 0 Å². The van der Waals surface area contributed by atoms with Gasteiger partial charge >= 0.3 is 8.60 Å². The lowest BCUT2D eigenvalue weighted by Gasteiger charge is -2.25. The maximum atomic E-state index is 10.6. The van der Waals surface area contributed by atoms with Gasteiger partial charge in [0.1, 0.15) is 24.5 Å². The van der Waals surface area contributed by atoms with Gasteiger partial charge in [0.2, 0.25) is 6.41 Å². The van der Waals surface area contributed by atoms with Crippen molar-refractivity contribution in [1.82, 2.24) is 15.1 Å². The molecular weight excluding hydrogens is 355 g/mol. The monoisotopic (exact) mass is 380 g/mol. The summed E-state index contributed by atoms with van der Waals surface area (Å²) in [5, 5.41) is 22.1. The molecule has 1 rings (SSSR count). The molecule has 12 heteroatoms. The van der Waals surface area contributed by atoms with E-state index in [9.17, 15) is 15.0 Å². The number of hydrogen-bond acceptors (Lipinski definition) is 9. The third-order valence-corrected chi connectivity index (χ3v) is 3.74. The molecule has 0 radical (unpaired) electrons. The van der Waals surface area contributed by atoms with E-state index in [4.69, 9.17) is 19.0 Å². The van der Waals surface area contributed by atoms with Crippen LogP contribution in [0.3, 0.4) is 0 Å². The summed E-state index contributed by atoms with van der Waals surface area (Å²) in [6.45, 7) is -0.457. The zero-order chi connectivity index (χ0) is 19.0. The number of nitrogens with zero attached hydrogens (tertiary/aromatic N) is 3. The average Bonchev–Trinajstić information content (AvgIpc) is 2.85. The molecule has 0 saturated carbocycles. The molecule has 5 N–H and O–H groups in total. The minimum absolute atomic E-state index is 0.457. The predicted octanol–water partition coefficient (Wildman–Crippen LogP) is -2.23. The van der Waals surface area contributed by atoms with Crippen molar-refractivity contribution in [3.63, 3.8) is 0 Å². The standard InChI is InChI=1S/C13H25N4O7P/c1-16(2)7-14-10(15-8-19)4-5-17(3)13-11(20)12(24-25(21)22)9(6-18)23-13/h4-5,7-13,18,20-22H,6H2,1-3H3,(H,15,19)/b5-4-,14-7-. The van der Waals surface area contributed by atoms with E-state index < -0.39 is 45.9 Å². The Morgan fingerprint density at radius 2 is 2.08 bits per heavy atom. The summed E-state index contributed by atoms with van der Waals surface area (Å²) in [5.74, 6) is 0. The van der Waals surface area contributed by atoms with E-state index in [-0.39, 0.29) is 0 Å². The van der Waals surface area contributed by atoms with Gasteiger partial charge in [0.25, 0.3) is 0 Å². The summed E-state index contributed by atoms with van der Waals surface area (Å²) in [7, 11) is 2.47. The van der Waals surface area contributed by atoms with E-state index in [1.165, 1.54) is 11.2 Å². The maximum absolute atomic E-state index is 10.6. The maximum Gasteiger partial charge on any atom is 0.327 e. The van der Waals surface area contributed by atoms with Crippen molar-refractivity contribution in [1.29, 1.82) is 0 Å². The number of carbonyl (C=O) groups is 1. The number of aliphatic hydroxyl groups is 2. The second-order valence-electron chi connectivity index (χ2n) is 5.53. The zero-order valence-corrected chi connectivity index (χ0v) is 15.1. The number of likely N-dealkylation sites (N-methyl/N-ethyl adjacent to an activating group) is 1. The molecule has 11 nitrogen and oxygen atoms in total. The van der Waals surface area contributed by atoms with Crippen LogP contribution in [-0.4, -0.2) is 101 Å². The van der Waals surface area contributed by atoms with Crippen molar-refractivity contribution >= 4 is 21.4 Å². The number of hydrogen-bond donors (Lipinski definition) is 5. The number of aliphatic imine (C=N–C) groups is 1. The van der Waals surface area contributed by atoms with Crippen LogP contribution < -0.4 is 5.32 Å². The van der Waals surface area contributed by atoms with Crippen molar-refractivity contribution in [3.8, 4) is 0 Å². The number of rotatable bonds is 10. The van der Waals surface area contributed by atoms with Gasteiger partial charge in [-0.25, -0.2) is 4.99 Å². The smallest absolute Gasteiger partial charge is 0.327 e. The Hall–Kier alpha value is -1.33. The molecule has 0 aromatic rings. The molecule has 1 amide bonds. The van der Waals surface area contributed by atoms with Gasteiger partial charge in [-0.2, -0.15) is 0 Å². The lowest BCUT2D eigenvalue weighted by atomic mass is 10.1. The van der Waals surface area contributed by atoms with E-state index in [2.05, 4.69) is 10.3 Å². The molecule has 0 aromatic carbocycles. The second-order valence-corrected chi connectivity index (χ2v) is 6.24. The molecule has 5 unspecified atom stereocenters. The Balaban J connectivity index is 2.77. The van der Waals surface area contributed by atoms with Gasteiger partial charge in [0, 0.05) is 27.3 Å². The highest BCUT2D eigenvalue weighted by atomic mass is 31.2. The highest BCUT2D eigenvalue weighted by Crippen LogP contribution is 2.35. The van der Waals surface area contributed by atoms with Gasteiger partial charge in [-0.15, -0.1) is 0 Å². The van der Waals surface area contributed by atoms with Crippen LogP contribution in [0.2, 0.25) is 0 Å². The highest BCUT2D eigenvalue weighted by Gasteiger charge is 2.46. The van der Waals surface area contributed by atoms with E-state index in [0.717, 1.165) is 0 Å². The summed E-state index contributed by atoms with van der Waals surface area (Å²) >= 11 is 0. The van der Waals surface area contributed by atoms with Gasteiger partial charge in [0.05, 0.1) is 12.9 Å².